The monoisotopic (exact) mass is 331 g/mol. The Morgan fingerprint density at radius 1 is 1.05 bits per heavy atom. The Kier molecular flexibility index (Phi) is 3.34. The van der Waals surface area contributed by atoms with Gasteiger partial charge in [-0.2, -0.15) is 0 Å². The first-order chi connectivity index (χ1) is 9.72. The number of halogens is 1. The van der Waals surface area contributed by atoms with Gasteiger partial charge in [0.15, 0.2) is 5.65 Å². The fourth-order valence-electron chi connectivity index (χ4n) is 1.72. The van der Waals surface area contributed by atoms with E-state index in [-0.39, 0.29) is 6.03 Å². The molecular weight excluding hydrogens is 322 g/mol. The summed E-state index contributed by atoms with van der Waals surface area (Å²) in [7, 11) is 0. The number of anilines is 2. The molecule has 1 aromatic carbocycles. The highest BCUT2D eigenvalue weighted by Gasteiger charge is 2.08. The molecule has 2 amide bonds. The number of urea groups is 1. The van der Waals surface area contributed by atoms with E-state index in [0.29, 0.717) is 17.3 Å². The highest BCUT2D eigenvalue weighted by Crippen LogP contribution is 2.14. The van der Waals surface area contributed by atoms with Crippen LogP contribution >= 0.6 is 15.9 Å². The number of nitrogens with one attached hydrogen (secondary N) is 2. The third-order valence-electron chi connectivity index (χ3n) is 2.64. The number of fused-ring (bicyclic) bond motifs is 1. The Morgan fingerprint density at radius 3 is 2.65 bits per heavy atom. The molecule has 2 N–H and O–H groups in total. The van der Waals surface area contributed by atoms with Crippen molar-refractivity contribution in [3.8, 4) is 0 Å². The van der Waals surface area contributed by atoms with Gasteiger partial charge < -0.3 is 5.32 Å². The maximum absolute atomic E-state index is 11.9. The lowest BCUT2D eigenvalue weighted by Gasteiger charge is -2.06. The molecule has 0 aliphatic heterocycles. The van der Waals surface area contributed by atoms with Crippen LogP contribution in [0.4, 0.5) is 16.4 Å². The number of carbonyl (C=O) groups excluding carboxylic acids is 1. The van der Waals surface area contributed by atoms with E-state index in [4.69, 9.17) is 0 Å². The topological polar surface area (TPSA) is 71.3 Å². The van der Waals surface area contributed by atoms with Crippen molar-refractivity contribution in [1.29, 1.82) is 0 Å². The normalized spacial score (nSPS) is 10.4. The zero-order chi connectivity index (χ0) is 13.9. The fourth-order valence-corrected chi connectivity index (χ4v) is 1.99. The summed E-state index contributed by atoms with van der Waals surface area (Å²) >= 11 is 3.34. The lowest BCUT2D eigenvalue weighted by atomic mass is 10.3. The molecule has 0 saturated heterocycles. The van der Waals surface area contributed by atoms with E-state index in [9.17, 15) is 4.79 Å². The Labute approximate surface area is 123 Å². The van der Waals surface area contributed by atoms with Gasteiger partial charge in [0.25, 0.3) is 0 Å². The molecule has 0 saturated carbocycles. The zero-order valence-electron chi connectivity index (χ0n) is 10.2. The number of hydrogen-bond acceptors (Lipinski definition) is 3. The molecule has 2 heterocycles. The van der Waals surface area contributed by atoms with Gasteiger partial charge in [0.05, 0.1) is 0 Å². The summed E-state index contributed by atoms with van der Waals surface area (Å²) in [6, 6.07) is 12.4. The van der Waals surface area contributed by atoms with Crippen LogP contribution in [-0.4, -0.2) is 20.6 Å². The van der Waals surface area contributed by atoms with E-state index in [1.54, 1.807) is 22.7 Å². The standard InChI is InChI=1S/C13H10BrN5O/c14-9-4-6-10(7-5-9)15-13(20)16-12-18-17-11-3-1-2-8-19(11)12/h1-8H,(H2,15,16,18,20). The highest BCUT2D eigenvalue weighted by atomic mass is 79.9. The van der Waals surface area contributed by atoms with Crippen LogP contribution in [0.15, 0.2) is 53.1 Å². The van der Waals surface area contributed by atoms with E-state index in [0.717, 1.165) is 4.47 Å². The van der Waals surface area contributed by atoms with Crippen molar-refractivity contribution in [3.63, 3.8) is 0 Å². The molecule has 0 atom stereocenters. The molecule has 7 heteroatoms. The molecule has 0 aliphatic rings. The molecule has 3 aromatic rings. The van der Waals surface area contributed by atoms with Crippen LogP contribution < -0.4 is 10.6 Å². The Bertz CT molecular complexity index is 753. The zero-order valence-corrected chi connectivity index (χ0v) is 11.8. The molecule has 3 rings (SSSR count). The van der Waals surface area contributed by atoms with Crippen molar-refractivity contribution in [2.75, 3.05) is 10.6 Å². The predicted molar refractivity (Wildman–Crippen MR) is 79.8 cm³/mol. The minimum Gasteiger partial charge on any atom is -0.308 e. The van der Waals surface area contributed by atoms with E-state index < -0.39 is 0 Å². The van der Waals surface area contributed by atoms with Gasteiger partial charge in [0.2, 0.25) is 5.95 Å². The number of hydrogen-bond donors (Lipinski definition) is 2. The van der Waals surface area contributed by atoms with Gasteiger partial charge in [-0.3, -0.25) is 9.72 Å². The second kappa shape index (κ2) is 5.30. The molecule has 0 aliphatic carbocycles. The maximum Gasteiger partial charge on any atom is 0.326 e. The van der Waals surface area contributed by atoms with Crippen LogP contribution in [0, 0.1) is 0 Å². The number of benzene rings is 1. The SMILES string of the molecule is O=C(Nc1ccc(Br)cc1)Nc1nnc2ccccn12. The third-order valence-corrected chi connectivity index (χ3v) is 3.17. The fraction of sp³-hybridized carbons (Fsp3) is 0. The largest absolute Gasteiger partial charge is 0.326 e. The molecule has 2 aromatic heterocycles. The molecule has 0 bridgehead atoms. The van der Waals surface area contributed by atoms with Gasteiger partial charge in [0.1, 0.15) is 0 Å². The molecule has 20 heavy (non-hydrogen) atoms. The molecule has 0 fully saturated rings. The molecule has 0 unspecified atom stereocenters. The lowest BCUT2D eigenvalue weighted by molar-refractivity contribution is 0.262. The number of pyridine rings is 1. The summed E-state index contributed by atoms with van der Waals surface area (Å²) < 4.78 is 2.65. The third kappa shape index (κ3) is 2.62. The van der Waals surface area contributed by atoms with Gasteiger partial charge in [-0.1, -0.05) is 22.0 Å². The van der Waals surface area contributed by atoms with Gasteiger partial charge in [-0.15, -0.1) is 10.2 Å². The van der Waals surface area contributed by atoms with Crippen LogP contribution in [0.5, 0.6) is 0 Å². The first-order valence-electron chi connectivity index (χ1n) is 5.86. The highest BCUT2D eigenvalue weighted by molar-refractivity contribution is 9.10. The number of amides is 2. The van der Waals surface area contributed by atoms with E-state index in [1.165, 1.54) is 0 Å². The number of rotatable bonds is 2. The molecular formula is C13H10BrN5O. The molecule has 0 radical (unpaired) electrons. The van der Waals surface area contributed by atoms with Crippen molar-refractivity contribution in [1.82, 2.24) is 14.6 Å². The minimum absolute atomic E-state index is 0.370. The number of aromatic nitrogens is 3. The first-order valence-corrected chi connectivity index (χ1v) is 6.65. The maximum atomic E-state index is 11.9. The van der Waals surface area contributed by atoms with Crippen molar-refractivity contribution in [2.45, 2.75) is 0 Å². The lowest BCUT2D eigenvalue weighted by Crippen LogP contribution is -2.20. The smallest absolute Gasteiger partial charge is 0.308 e. The van der Waals surface area contributed by atoms with E-state index in [1.807, 2.05) is 30.3 Å². The van der Waals surface area contributed by atoms with Crippen molar-refractivity contribution >= 4 is 39.2 Å². The second-order valence-electron chi connectivity index (χ2n) is 4.04. The average molecular weight is 332 g/mol. The van der Waals surface area contributed by atoms with Crippen molar-refractivity contribution in [2.24, 2.45) is 0 Å². The summed E-state index contributed by atoms with van der Waals surface area (Å²) in [4.78, 5) is 11.9. The molecule has 6 nitrogen and oxygen atoms in total. The second-order valence-corrected chi connectivity index (χ2v) is 4.95. The summed E-state index contributed by atoms with van der Waals surface area (Å²) in [6.07, 6.45) is 1.78. The Morgan fingerprint density at radius 2 is 1.85 bits per heavy atom. The van der Waals surface area contributed by atoms with Crippen molar-refractivity contribution < 1.29 is 4.79 Å². The summed E-state index contributed by atoms with van der Waals surface area (Å²) in [5.74, 6) is 0.371. The van der Waals surface area contributed by atoms with Crippen LogP contribution in [0.3, 0.4) is 0 Å². The van der Waals surface area contributed by atoms with Gasteiger partial charge in [-0.05, 0) is 36.4 Å². The number of carbonyl (C=O) groups is 1. The molecule has 100 valence electrons. The van der Waals surface area contributed by atoms with Crippen LogP contribution in [-0.2, 0) is 0 Å². The van der Waals surface area contributed by atoms with Crippen LogP contribution in [0.1, 0.15) is 0 Å². The average Bonchev–Trinajstić information content (AvgIpc) is 2.85. The van der Waals surface area contributed by atoms with Crippen molar-refractivity contribution in [3.05, 3.63) is 53.1 Å². The number of nitrogens with zero attached hydrogens (tertiary/aromatic N) is 3. The van der Waals surface area contributed by atoms with Gasteiger partial charge in [0, 0.05) is 16.4 Å². The van der Waals surface area contributed by atoms with Crippen LogP contribution in [0.2, 0.25) is 0 Å². The molecule has 0 spiro atoms. The van der Waals surface area contributed by atoms with E-state index >= 15 is 0 Å². The Hall–Kier alpha value is -2.41. The first kappa shape index (κ1) is 12.6. The van der Waals surface area contributed by atoms with Gasteiger partial charge >= 0.3 is 6.03 Å². The van der Waals surface area contributed by atoms with E-state index in [2.05, 4.69) is 36.8 Å². The predicted octanol–water partition coefficient (Wildman–Crippen LogP) is 3.14. The van der Waals surface area contributed by atoms with Gasteiger partial charge in [-0.25, -0.2) is 4.79 Å². The Balaban J connectivity index is 1.74. The quantitative estimate of drug-likeness (QED) is 0.757. The summed E-state index contributed by atoms with van der Waals surface area (Å²) in [5, 5.41) is 13.3. The minimum atomic E-state index is -0.370. The van der Waals surface area contributed by atoms with Crippen LogP contribution in [0.25, 0.3) is 5.65 Å². The summed E-state index contributed by atoms with van der Waals surface area (Å²) in [6.45, 7) is 0. The summed E-state index contributed by atoms with van der Waals surface area (Å²) in [5.41, 5.74) is 1.37.